The third-order valence-corrected chi connectivity index (χ3v) is 5.12. The number of alkyl halides is 3. The second-order valence-corrected chi connectivity index (χ2v) is 7.02. The Hall–Kier alpha value is -1.83. The zero-order valence-electron chi connectivity index (χ0n) is 13.5. The number of rotatable bonds is 4. The summed E-state index contributed by atoms with van der Waals surface area (Å²) in [4.78, 5) is 19.3. The number of nitrogens with zero attached hydrogens (tertiary/aromatic N) is 2. The number of hydrogen-bond donors (Lipinski definition) is 1. The van der Waals surface area contributed by atoms with Crippen molar-refractivity contribution in [2.24, 2.45) is 0 Å². The number of hydrogen-bond acceptors (Lipinski definition) is 4. The van der Waals surface area contributed by atoms with Crippen LogP contribution in [-0.2, 0) is 11.0 Å². The molecule has 0 bridgehead atoms. The first-order valence-electron chi connectivity index (χ1n) is 8.19. The van der Waals surface area contributed by atoms with E-state index in [2.05, 4.69) is 15.3 Å². The second kappa shape index (κ2) is 7.59. The summed E-state index contributed by atoms with van der Waals surface area (Å²) < 4.78 is 39.0. The number of fused-ring (bicyclic) bond motifs is 1. The molecule has 1 saturated carbocycles. The van der Waals surface area contributed by atoms with Gasteiger partial charge in [0.15, 0.2) is 0 Å². The van der Waals surface area contributed by atoms with Gasteiger partial charge in [0.1, 0.15) is 5.03 Å². The molecule has 0 radical (unpaired) electrons. The molecule has 3 rings (SSSR count). The maximum Gasteiger partial charge on any atom is 0.451 e. The van der Waals surface area contributed by atoms with Gasteiger partial charge in [-0.25, -0.2) is 9.97 Å². The maximum absolute atomic E-state index is 13.0. The van der Waals surface area contributed by atoms with Gasteiger partial charge in [-0.05, 0) is 18.9 Å². The van der Waals surface area contributed by atoms with Gasteiger partial charge < -0.3 is 5.32 Å². The summed E-state index contributed by atoms with van der Waals surface area (Å²) in [5.74, 6) is -1.32. The van der Waals surface area contributed by atoms with Crippen molar-refractivity contribution in [3.8, 4) is 0 Å². The van der Waals surface area contributed by atoms with Gasteiger partial charge in [0.2, 0.25) is 11.7 Å². The molecule has 134 valence electrons. The number of benzene rings is 1. The third kappa shape index (κ3) is 4.62. The highest BCUT2D eigenvalue weighted by molar-refractivity contribution is 8.00. The molecule has 0 atom stereocenters. The molecule has 1 amide bonds. The number of para-hydroxylation sites is 1. The molecule has 1 aliphatic rings. The number of carbonyl (C=O) groups excluding carboxylic acids is 1. The molecule has 0 unspecified atom stereocenters. The van der Waals surface area contributed by atoms with Crippen LogP contribution in [0.1, 0.15) is 37.9 Å². The maximum atomic E-state index is 13.0. The van der Waals surface area contributed by atoms with Gasteiger partial charge in [-0.3, -0.25) is 4.79 Å². The Morgan fingerprint density at radius 3 is 2.60 bits per heavy atom. The number of aromatic nitrogens is 2. The zero-order valence-corrected chi connectivity index (χ0v) is 14.3. The first-order chi connectivity index (χ1) is 11.9. The van der Waals surface area contributed by atoms with Crippen molar-refractivity contribution in [1.82, 2.24) is 15.3 Å². The van der Waals surface area contributed by atoms with Gasteiger partial charge in [-0.2, -0.15) is 13.2 Å². The fourth-order valence-corrected chi connectivity index (χ4v) is 3.76. The van der Waals surface area contributed by atoms with E-state index in [1.165, 1.54) is 12.5 Å². The van der Waals surface area contributed by atoms with Crippen LogP contribution in [0.15, 0.2) is 29.3 Å². The molecule has 2 aromatic rings. The molecule has 0 saturated heterocycles. The van der Waals surface area contributed by atoms with E-state index in [4.69, 9.17) is 0 Å². The normalized spacial score (nSPS) is 16.1. The largest absolute Gasteiger partial charge is 0.451 e. The molecule has 0 aliphatic heterocycles. The molecule has 1 fully saturated rings. The lowest BCUT2D eigenvalue weighted by molar-refractivity contribution is -0.145. The average molecular weight is 369 g/mol. The van der Waals surface area contributed by atoms with E-state index < -0.39 is 12.0 Å². The van der Waals surface area contributed by atoms with Crippen LogP contribution in [0, 0.1) is 0 Å². The van der Waals surface area contributed by atoms with E-state index in [9.17, 15) is 18.0 Å². The predicted octanol–water partition coefficient (Wildman–Crippen LogP) is 4.19. The lowest BCUT2D eigenvalue weighted by Gasteiger charge is -2.22. The monoisotopic (exact) mass is 369 g/mol. The van der Waals surface area contributed by atoms with E-state index in [0.29, 0.717) is 5.39 Å². The Labute approximate surface area is 147 Å². The minimum absolute atomic E-state index is 0.0365. The van der Waals surface area contributed by atoms with Crippen molar-refractivity contribution in [3.63, 3.8) is 0 Å². The summed E-state index contributed by atoms with van der Waals surface area (Å²) >= 11 is 1.01. The molecule has 1 aliphatic carbocycles. The second-order valence-electron chi connectivity index (χ2n) is 6.06. The number of carbonyl (C=O) groups is 1. The Morgan fingerprint density at radius 2 is 1.88 bits per heavy atom. The van der Waals surface area contributed by atoms with Crippen LogP contribution in [0.3, 0.4) is 0 Å². The van der Waals surface area contributed by atoms with Gasteiger partial charge in [-0.15, -0.1) is 0 Å². The summed E-state index contributed by atoms with van der Waals surface area (Å²) in [5, 5.41) is 3.65. The van der Waals surface area contributed by atoms with E-state index in [-0.39, 0.29) is 28.2 Å². The standard InChI is InChI=1S/C17H18F3N3OS/c18-17(19,20)16-22-13-9-5-4-8-12(13)15(23-16)25-10-14(24)21-11-6-2-1-3-7-11/h4-5,8-9,11H,1-3,6-7,10H2,(H,21,24). The zero-order chi connectivity index (χ0) is 17.9. The number of nitrogens with one attached hydrogen (secondary N) is 1. The average Bonchev–Trinajstić information content (AvgIpc) is 2.59. The lowest BCUT2D eigenvalue weighted by Crippen LogP contribution is -2.37. The fourth-order valence-electron chi connectivity index (χ4n) is 2.93. The van der Waals surface area contributed by atoms with Crippen molar-refractivity contribution < 1.29 is 18.0 Å². The molecule has 1 heterocycles. The van der Waals surface area contributed by atoms with Crippen molar-refractivity contribution in [2.75, 3.05) is 5.75 Å². The van der Waals surface area contributed by atoms with Crippen LogP contribution in [0.2, 0.25) is 0 Å². The lowest BCUT2D eigenvalue weighted by atomic mass is 9.95. The highest BCUT2D eigenvalue weighted by Gasteiger charge is 2.35. The van der Waals surface area contributed by atoms with Crippen LogP contribution in [0.25, 0.3) is 10.9 Å². The third-order valence-electron chi connectivity index (χ3n) is 4.13. The van der Waals surface area contributed by atoms with Gasteiger partial charge in [-0.1, -0.05) is 49.2 Å². The molecular weight excluding hydrogens is 351 g/mol. The molecule has 0 spiro atoms. The van der Waals surface area contributed by atoms with Crippen LogP contribution in [-0.4, -0.2) is 27.7 Å². The van der Waals surface area contributed by atoms with Crippen molar-refractivity contribution in [2.45, 2.75) is 49.3 Å². The van der Waals surface area contributed by atoms with Crippen LogP contribution >= 0.6 is 11.8 Å². The van der Waals surface area contributed by atoms with E-state index >= 15 is 0 Å². The summed E-state index contributed by atoms with van der Waals surface area (Å²) in [6.07, 6.45) is 0.696. The van der Waals surface area contributed by atoms with Gasteiger partial charge in [0.05, 0.1) is 11.3 Å². The Kier molecular flexibility index (Phi) is 5.46. The van der Waals surface area contributed by atoms with E-state index in [0.717, 1.165) is 37.4 Å². The minimum Gasteiger partial charge on any atom is -0.353 e. The van der Waals surface area contributed by atoms with E-state index in [1.807, 2.05) is 0 Å². The minimum atomic E-state index is -4.62. The van der Waals surface area contributed by atoms with Gasteiger partial charge in [0, 0.05) is 11.4 Å². The van der Waals surface area contributed by atoms with Crippen molar-refractivity contribution in [1.29, 1.82) is 0 Å². The van der Waals surface area contributed by atoms with Gasteiger partial charge >= 0.3 is 6.18 Å². The van der Waals surface area contributed by atoms with Crippen LogP contribution < -0.4 is 5.32 Å². The predicted molar refractivity (Wildman–Crippen MR) is 90.3 cm³/mol. The Balaban J connectivity index is 1.74. The van der Waals surface area contributed by atoms with Gasteiger partial charge in [0.25, 0.3) is 0 Å². The molecule has 1 aromatic carbocycles. The summed E-state index contributed by atoms with van der Waals surface area (Å²) in [6, 6.07) is 6.69. The SMILES string of the molecule is O=C(CSc1nc(C(F)(F)F)nc2ccccc12)NC1CCCCC1. The molecule has 1 aromatic heterocycles. The Morgan fingerprint density at radius 1 is 1.16 bits per heavy atom. The van der Waals surface area contributed by atoms with Crippen LogP contribution in [0.4, 0.5) is 13.2 Å². The number of thioether (sulfide) groups is 1. The molecule has 25 heavy (non-hydrogen) atoms. The van der Waals surface area contributed by atoms with Crippen molar-refractivity contribution >= 4 is 28.6 Å². The number of amides is 1. The topological polar surface area (TPSA) is 54.9 Å². The molecular formula is C17H18F3N3OS. The molecule has 4 nitrogen and oxygen atoms in total. The van der Waals surface area contributed by atoms with E-state index in [1.54, 1.807) is 18.2 Å². The first-order valence-corrected chi connectivity index (χ1v) is 9.18. The highest BCUT2D eigenvalue weighted by atomic mass is 32.2. The first kappa shape index (κ1) is 18.0. The highest BCUT2D eigenvalue weighted by Crippen LogP contribution is 2.32. The fraction of sp³-hybridized carbons (Fsp3) is 0.471. The quantitative estimate of drug-likeness (QED) is 0.649. The smallest absolute Gasteiger partial charge is 0.353 e. The summed E-state index contributed by atoms with van der Waals surface area (Å²) in [7, 11) is 0. The number of halogens is 3. The molecule has 8 heteroatoms. The van der Waals surface area contributed by atoms with Crippen LogP contribution in [0.5, 0.6) is 0 Å². The molecule has 1 N–H and O–H groups in total. The summed E-state index contributed by atoms with van der Waals surface area (Å²) in [5.41, 5.74) is 0.222. The summed E-state index contributed by atoms with van der Waals surface area (Å²) in [6.45, 7) is 0. The Bertz CT molecular complexity index is 760. The van der Waals surface area contributed by atoms with Crippen molar-refractivity contribution in [3.05, 3.63) is 30.1 Å².